The second kappa shape index (κ2) is 5.55. The minimum Gasteiger partial charge on any atom is -0.369 e. The van der Waals surface area contributed by atoms with Gasteiger partial charge in [0, 0.05) is 6.54 Å². The zero-order valence-electron chi connectivity index (χ0n) is 7.80. The standard InChI is InChI=1S/C6H12N6OS/c1-8-2-3-12-6(9-10-11-12)14-4-5(7)13/h8H,2-4H2,1H3,(H2,7,13). The first kappa shape index (κ1) is 10.9. The van der Waals surface area contributed by atoms with Crippen molar-refractivity contribution >= 4 is 17.7 Å². The first-order valence-electron chi connectivity index (χ1n) is 4.06. The van der Waals surface area contributed by atoms with E-state index >= 15 is 0 Å². The summed E-state index contributed by atoms with van der Waals surface area (Å²) in [6.45, 7) is 1.44. The number of thioether (sulfide) groups is 1. The van der Waals surface area contributed by atoms with Crippen molar-refractivity contribution < 1.29 is 4.79 Å². The minimum absolute atomic E-state index is 0.194. The summed E-state index contributed by atoms with van der Waals surface area (Å²) in [6, 6.07) is 0. The fourth-order valence-electron chi connectivity index (χ4n) is 0.794. The van der Waals surface area contributed by atoms with Gasteiger partial charge in [0.05, 0.1) is 12.3 Å². The van der Waals surface area contributed by atoms with Crippen molar-refractivity contribution in [3.8, 4) is 0 Å². The van der Waals surface area contributed by atoms with Gasteiger partial charge in [-0.3, -0.25) is 4.79 Å². The van der Waals surface area contributed by atoms with E-state index in [2.05, 4.69) is 20.8 Å². The van der Waals surface area contributed by atoms with Gasteiger partial charge in [0.15, 0.2) is 0 Å². The number of nitrogens with one attached hydrogen (secondary N) is 1. The largest absolute Gasteiger partial charge is 0.369 e. The summed E-state index contributed by atoms with van der Waals surface area (Å²) in [4.78, 5) is 10.5. The second-order valence-corrected chi connectivity index (χ2v) is 3.49. The van der Waals surface area contributed by atoms with Gasteiger partial charge in [0.25, 0.3) is 0 Å². The number of hydrogen-bond acceptors (Lipinski definition) is 6. The number of likely N-dealkylation sites (N-methyl/N-ethyl adjacent to an activating group) is 1. The molecule has 0 spiro atoms. The first-order valence-corrected chi connectivity index (χ1v) is 5.04. The van der Waals surface area contributed by atoms with Gasteiger partial charge in [0.1, 0.15) is 0 Å². The maximum absolute atomic E-state index is 10.5. The zero-order valence-corrected chi connectivity index (χ0v) is 8.62. The molecule has 7 nitrogen and oxygen atoms in total. The molecular formula is C6H12N6OS. The topological polar surface area (TPSA) is 98.7 Å². The molecule has 8 heteroatoms. The Bertz CT molecular complexity index is 300. The monoisotopic (exact) mass is 216 g/mol. The molecular weight excluding hydrogens is 204 g/mol. The van der Waals surface area contributed by atoms with Crippen molar-refractivity contribution in [2.24, 2.45) is 5.73 Å². The van der Waals surface area contributed by atoms with Gasteiger partial charge in [-0.2, -0.15) is 0 Å². The lowest BCUT2D eigenvalue weighted by Crippen LogP contribution is -2.17. The van der Waals surface area contributed by atoms with Crippen LogP contribution in [-0.2, 0) is 11.3 Å². The lowest BCUT2D eigenvalue weighted by Gasteiger charge is -2.01. The van der Waals surface area contributed by atoms with Crippen molar-refractivity contribution in [1.82, 2.24) is 25.5 Å². The molecule has 0 radical (unpaired) electrons. The Morgan fingerprint density at radius 2 is 2.50 bits per heavy atom. The number of aromatic nitrogens is 4. The van der Waals surface area contributed by atoms with E-state index in [0.29, 0.717) is 11.7 Å². The van der Waals surface area contributed by atoms with Crippen molar-refractivity contribution in [2.75, 3.05) is 19.3 Å². The minimum atomic E-state index is -0.377. The summed E-state index contributed by atoms with van der Waals surface area (Å²) in [7, 11) is 1.85. The molecule has 0 aliphatic carbocycles. The molecule has 1 aromatic heterocycles. The Hall–Kier alpha value is -1.15. The molecule has 78 valence electrons. The lowest BCUT2D eigenvalue weighted by molar-refractivity contribution is -0.115. The average Bonchev–Trinajstić information content (AvgIpc) is 2.58. The van der Waals surface area contributed by atoms with E-state index in [-0.39, 0.29) is 11.7 Å². The van der Waals surface area contributed by atoms with Crippen LogP contribution in [0.1, 0.15) is 0 Å². The third-order valence-corrected chi connectivity index (χ3v) is 2.40. The molecule has 0 aromatic carbocycles. The number of tetrazole rings is 1. The highest BCUT2D eigenvalue weighted by Gasteiger charge is 2.07. The predicted molar refractivity (Wildman–Crippen MR) is 51.7 cm³/mol. The molecule has 0 aliphatic rings. The van der Waals surface area contributed by atoms with Crippen molar-refractivity contribution in [3.05, 3.63) is 0 Å². The van der Waals surface area contributed by atoms with E-state index in [9.17, 15) is 4.79 Å². The van der Waals surface area contributed by atoms with Crippen molar-refractivity contribution in [1.29, 1.82) is 0 Å². The highest BCUT2D eigenvalue weighted by Crippen LogP contribution is 2.11. The Kier molecular flexibility index (Phi) is 4.33. The number of carbonyl (C=O) groups is 1. The Morgan fingerprint density at radius 1 is 1.71 bits per heavy atom. The number of nitrogens with two attached hydrogens (primary N) is 1. The SMILES string of the molecule is CNCCn1nnnc1SCC(N)=O. The fraction of sp³-hybridized carbons (Fsp3) is 0.667. The number of rotatable bonds is 6. The molecule has 0 aliphatic heterocycles. The Labute approximate surface area is 85.4 Å². The number of nitrogens with zero attached hydrogens (tertiary/aromatic N) is 4. The van der Waals surface area contributed by atoms with Gasteiger partial charge in [-0.1, -0.05) is 11.8 Å². The maximum atomic E-state index is 10.5. The molecule has 0 fully saturated rings. The normalized spacial score (nSPS) is 10.4. The van der Waals surface area contributed by atoms with Crippen LogP contribution >= 0.6 is 11.8 Å². The van der Waals surface area contributed by atoms with E-state index in [1.807, 2.05) is 7.05 Å². The van der Waals surface area contributed by atoms with E-state index in [0.717, 1.165) is 6.54 Å². The molecule has 1 heterocycles. The number of primary amides is 1. The first-order chi connectivity index (χ1) is 6.74. The maximum Gasteiger partial charge on any atom is 0.227 e. The van der Waals surface area contributed by atoms with Crippen LogP contribution in [0.5, 0.6) is 0 Å². The molecule has 0 saturated carbocycles. The average molecular weight is 216 g/mol. The van der Waals surface area contributed by atoms with E-state index in [4.69, 9.17) is 5.73 Å². The lowest BCUT2D eigenvalue weighted by atomic mass is 10.6. The van der Waals surface area contributed by atoms with Gasteiger partial charge >= 0.3 is 0 Å². The fourth-order valence-corrected chi connectivity index (χ4v) is 1.44. The number of amides is 1. The van der Waals surface area contributed by atoms with E-state index < -0.39 is 0 Å². The van der Waals surface area contributed by atoms with E-state index in [1.165, 1.54) is 11.8 Å². The van der Waals surface area contributed by atoms with Crippen LogP contribution in [0.25, 0.3) is 0 Å². The summed E-state index contributed by atoms with van der Waals surface area (Å²) < 4.78 is 1.63. The van der Waals surface area contributed by atoms with Crippen LogP contribution in [0.2, 0.25) is 0 Å². The third kappa shape index (κ3) is 3.30. The molecule has 0 saturated heterocycles. The molecule has 0 unspecified atom stereocenters. The summed E-state index contributed by atoms with van der Waals surface area (Å²) in [5, 5.41) is 14.7. The molecule has 0 bridgehead atoms. The van der Waals surface area contributed by atoms with Crippen LogP contribution in [0.15, 0.2) is 5.16 Å². The smallest absolute Gasteiger partial charge is 0.227 e. The quantitative estimate of drug-likeness (QED) is 0.560. The molecule has 1 amide bonds. The van der Waals surface area contributed by atoms with Crippen LogP contribution in [0.4, 0.5) is 0 Å². The van der Waals surface area contributed by atoms with Gasteiger partial charge in [-0.15, -0.1) is 5.10 Å². The van der Waals surface area contributed by atoms with Gasteiger partial charge in [-0.05, 0) is 17.5 Å². The van der Waals surface area contributed by atoms with Crippen LogP contribution in [0.3, 0.4) is 0 Å². The van der Waals surface area contributed by atoms with Crippen LogP contribution in [-0.4, -0.2) is 45.5 Å². The van der Waals surface area contributed by atoms with Crippen molar-refractivity contribution in [3.63, 3.8) is 0 Å². The van der Waals surface area contributed by atoms with Crippen molar-refractivity contribution in [2.45, 2.75) is 11.7 Å². The highest BCUT2D eigenvalue weighted by molar-refractivity contribution is 7.99. The van der Waals surface area contributed by atoms with E-state index in [1.54, 1.807) is 4.68 Å². The molecule has 3 N–H and O–H groups in total. The zero-order chi connectivity index (χ0) is 10.4. The third-order valence-electron chi connectivity index (χ3n) is 1.42. The molecule has 14 heavy (non-hydrogen) atoms. The molecule has 1 rings (SSSR count). The second-order valence-electron chi connectivity index (χ2n) is 2.54. The van der Waals surface area contributed by atoms with Gasteiger partial charge < -0.3 is 11.1 Å². The predicted octanol–water partition coefficient (Wildman–Crippen LogP) is -1.53. The number of hydrogen-bond donors (Lipinski definition) is 2. The number of carbonyl (C=O) groups excluding carboxylic acids is 1. The summed E-state index contributed by atoms with van der Waals surface area (Å²) >= 11 is 1.24. The summed E-state index contributed by atoms with van der Waals surface area (Å²) in [5.74, 6) is -0.182. The summed E-state index contributed by atoms with van der Waals surface area (Å²) in [5.41, 5.74) is 5.01. The van der Waals surface area contributed by atoms with Crippen LogP contribution in [0, 0.1) is 0 Å². The van der Waals surface area contributed by atoms with Gasteiger partial charge in [-0.25, -0.2) is 4.68 Å². The Balaban J connectivity index is 2.49. The highest BCUT2D eigenvalue weighted by atomic mass is 32.2. The molecule has 1 aromatic rings. The van der Waals surface area contributed by atoms with Gasteiger partial charge in [0.2, 0.25) is 11.1 Å². The Morgan fingerprint density at radius 3 is 3.14 bits per heavy atom. The molecule has 0 atom stereocenters. The summed E-state index contributed by atoms with van der Waals surface area (Å²) in [6.07, 6.45) is 0. The van der Waals surface area contributed by atoms with Crippen LogP contribution < -0.4 is 11.1 Å².